The number of rotatable bonds is 0. The molecule has 2 aromatic rings. The van der Waals surface area contributed by atoms with Gasteiger partial charge in [0.05, 0.1) is 0 Å². The summed E-state index contributed by atoms with van der Waals surface area (Å²) in [4.78, 5) is 0. The second-order valence-electron chi connectivity index (χ2n) is 4.01. The van der Waals surface area contributed by atoms with Gasteiger partial charge in [0.15, 0.2) is 0 Å². The van der Waals surface area contributed by atoms with Crippen LogP contribution in [0.1, 0.15) is 11.1 Å². The number of ether oxygens (including phenoxy) is 1. The first-order valence-electron chi connectivity index (χ1n) is 5.10. The van der Waals surface area contributed by atoms with Gasteiger partial charge in [0, 0.05) is 5.39 Å². The van der Waals surface area contributed by atoms with Gasteiger partial charge in [-0.2, -0.15) is 0 Å². The second kappa shape index (κ2) is 2.86. The van der Waals surface area contributed by atoms with Gasteiger partial charge in [-0.15, -0.1) is 0 Å². The number of aryl methyl sites for hydroxylation is 1. The van der Waals surface area contributed by atoms with Crippen molar-refractivity contribution in [3.63, 3.8) is 0 Å². The molecule has 0 amide bonds. The second-order valence-corrected chi connectivity index (χ2v) is 4.01. The van der Waals surface area contributed by atoms with E-state index in [9.17, 15) is 0 Å². The lowest BCUT2D eigenvalue weighted by molar-refractivity contribution is 0.367. The van der Waals surface area contributed by atoms with E-state index in [1.165, 1.54) is 21.9 Å². The third-order valence-electron chi connectivity index (χ3n) is 2.97. The van der Waals surface area contributed by atoms with E-state index >= 15 is 0 Å². The van der Waals surface area contributed by atoms with Gasteiger partial charge < -0.3 is 4.74 Å². The zero-order valence-electron chi connectivity index (χ0n) is 8.71. The maximum absolute atomic E-state index is 5.74. The van der Waals surface area contributed by atoms with E-state index in [-0.39, 0.29) is 0 Å². The lowest BCUT2D eigenvalue weighted by atomic mass is 9.95. The predicted molar refractivity (Wildman–Crippen MR) is 63.2 cm³/mol. The van der Waals surface area contributed by atoms with E-state index in [1.54, 1.807) is 0 Å². The van der Waals surface area contributed by atoms with Crippen LogP contribution in [0.5, 0.6) is 5.75 Å². The standard InChI is InChI=1S/C14H12O/c1-9-6-7-11-4-3-5-12-10(2)8-15-14(9)13(11)12/h3-7H,2,8H2,1H3. The first kappa shape index (κ1) is 8.54. The molecule has 1 aliphatic rings. The molecule has 0 saturated heterocycles. The summed E-state index contributed by atoms with van der Waals surface area (Å²) in [6.07, 6.45) is 0. The molecule has 3 rings (SSSR count). The smallest absolute Gasteiger partial charge is 0.131 e. The van der Waals surface area contributed by atoms with Crippen molar-refractivity contribution in [3.8, 4) is 5.75 Å². The minimum atomic E-state index is 0.608. The molecule has 0 bridgehead atoms. The van der Waals surface area contributed by atoms with E-state index in [0.29, 0.717) is 6.61 Å². The molecule has 0 fully saturated rings. The van der Waals surface area contributed by atoms with Crippen LogP contribution in [-0.2, 0) is 0 Å². The van der Waals surface area contributed by atoms with Gasteiger partial charge in [-0.1, -0.05) is 36.9 Å². The van der Waals surface area contributed by atoms with Gasteiger partial charge in [0.2, 0.25) is 0 Å². The van der Waals surface area contributed by atoms with Crippen LogP contribution in [0.15, 0.2) is 36.9 Å². The Kier molecular flexibility index (Phi) is 1.63. The third kappa shape index (κ3) is 1.09. The van der Waals surface area contributed by atoms with Crippen molar-refractivity contribution >= 4 is 16.3 Å². The number of hydrogen-bond donors (Lipinski definition) is 0. The Labute approximate surface area is 89.0 Å². The lowest BCUT2D eigenvalue weighted by Gasteiger charge is -2.21. The summed E-state index contributed by atoms with van der Waals surface area (Å²) >= 11 is 0. The Morgan fingerprint density at radius 2 is 2.07 bits per heavy atom. The summed E-state index contributed by atoms with van der Waals surface area (Å²) in [5.41, 5.74) is 3.50. The van der Waals surface area contributed by atoms with Crippen LogP contribution >= 0.6 is 0 Å². The highest BCUT2D eigenvalue weighted by molar-refractivity contribution is 6.00. The quantitative estimate of drug-likeness (QED) is 0.626. The fraction of sp³-hybridized carbons (Fsp3) is 0.143. The summed E-state index contributed by atoms with van der Waals surface area (Å²) in [5, 5.41) is 2.45. The van der Waals surface area contributed by atoms with E-state index in [2.05, 4.69) is 43.8 Å². The molecule has 0 atom stereocenters. The van der Waals surface area contributed by atoms with Crippen LogP contribution in [0.25, 0.3) is 16.3 Å². The summed E-state index contributed by atoms with van der Waals surface area (Å²) in [6.45, 7) is 6.73. The van der Waals surface area contributed by atoms with Crippen molar-refractivity contribution in [3.05, 3.63) is 48.0 Å². The van der Waals surface area contributed by atoms with Gasteiger partial charge >= 0.3 is 0 Å². The van der Waals surface area contributed by atoms with Crippen LogP contribution in [-0.4, -0.2) is 6.61 Å². The largest absolute Gasteiger partial charge is 0.488 e. The molecule has 15 heavy (non-hydrogen) atoms. The number of benzene rings is 2. The molecule has 74 valence electrons. The average Bonchev–Trinajstić information content (AvgIpc) is 2.26. The topological polar surface area (TPSA) is 9.23 Å². The Hall–Kier alpha value is -1.76. The molecule has 1 heteroatoms. The average molecular weight is 196 g/mol. The molecule has 2 aromatic carbocycles. The molecular formula is C14H12O. The first-order chi connectivity index (χ1) is 7.27. The van der Waals surface area contributed by atoms with Crippen molar-refractivity contribution in [1.29, 1.82) is 0 Å². The van der Waals surface area contributed by atoms with Crippen molar-refractivity contribution < 1.29 is 4.74 Å². The fourth-order valence-corrected chi connectivity index (χ4v) is 2.17. The summed E-state index contributed by atoms with van der Waals surface area (Å²) in [6, 6.07) is 10.6. The molecule has 1 nitrogen and oxygen atoms in total. The minimum absolute atomic E-state index is 0.608. The van der Waals surface area contributed by atoms with Gasteiger partial charge in [0.1, 0.15) is 12.4 Å². The summed E-state index contributed by atoms with van der Waals surface area (Å²) in [5.74, 6) is 1.02. The van der Waals surface area contributed by atoms with E-state index in [4.69, 9.17) is 4.74 Å². The van der Waals surface area contributed by atoms with Crippen molar-refractivity contribution in [2.24, 2.45) is 0 Å². The summed E-state index contributed by atoms with van der Waals surface area (Å²) in [7, 11) is 0. The molecule has 1 aliphatic heterocycles. The molecule has 1 heterocycles. The molecule has 0 radical (unpaired) electrons. The molecule has 0 N–H and O–H groups in total. The fourth-order valence-electron chi connectivity index (χ4n) is 2.17. The highest BCUT2D eigenvalue weighted by atomic mass is 16.5. The third-order valence-corrected chi connectivity index (χ3v) is 2.97. The SMILES string of the molecule is C=C1COc2c(C)ccc3cccc1c23. The zero-order valence-corrected chi connectivity index (χ0v) is 8.71. The van der Waals surface area contributed by atoms with E-state index < -0.39 is 0 Å². The highest BCUT2D eigenvalue weighted by Crippen LogP contribution is 2.38. The lowest BCUT2D eigenvalue weighted by Crippen LogP contribution is -2.07. The van der Waals surface area contributed by atoms with Crippen LogP contribution in [0.3, 0.4) is 0 Å². The zero-order chi connectivity index (χ0) is 10.4. The Balaban J connectivity index is 2.53. The van der Waals surface area contributed by atoms with Gasteiger partial charge in [-0.25, -0.2) is 0 Å². The van der Waals surface area contributed by atoms with Crippen LogP contribution in [0.2, 0.25) is 0 Å². The van der Waals surface area contributed by atoms with Gasteiger partial charge in [-0.3, -0.25) is 0 Å². The van der Waals surface area contributed by atoms with Crippen molar-refractivity contribution in [1.82, 2.24) is 0 Å². The van der Waals surface area contributed by atoms with E-state index in [1.807, 2.05) is 0 Å². The normalized spacial score (nSPS) is 14.1. The maximum atomic E-state index is 5.74. The first-order valence-corrected chi connectivity index (χ1v) is 5.10. The monoisotopic (exact) mass is 196 g/mol. The van der Waals surface area contributed by atoms with Crippen LogP contribution in [0.4, 0.5) is 0 Å². The maximum Gasteiger partial charge on any atom is 0.131 e. The number of hydrogen-bond acceptors (Lipinski definition) is 1. The van der Waals surface area contributed by atoms with Crippen LogP contribution in [0, 0.1) is 6.92 Å². The van der Waals surface area contributed by atoms with Crippen LogP contribution < -0.4 is 4.74 Å². The van der Waals surface area contributed by atoms with E-state index in [0.717, 1.165) is 11.3 Å². The predicted octanol–water partition coefficient (Wildman–Crippen LogP) is 3.55. The van der Waals surface area contributed by atoms with Crippen molar-refractivity contribution in [2.45, 2.75) is 6.92 Å². The molecule has 0 unspecified atom stereocenters. The Morgan fingerprint density at radius 3 is 2.93 bits per heavy atom. The van der Waals surface area contributed by atoms with Crippen molar-refractivity contribution in [2.75, 3.05) is 6.61 Å². The van der Waals surface area contributed by atoms with Gasteiger partial charge in [0.25, 0.3) is 0 Å². The molecule has 0 spiro atoms. The Bertz CT molecular complexity index is 567. The highest BCUT2D eigenvalue weighted by Gasteiger charge is 2.17. The summed E-state index contributed by atoms with van der Waals surface area (Å²) < 4.78 is 5.74. The molecular weight excluding hydrogens is 184 g/mol. The minimum Gasteiger partial charge on any atom is -0.488 e. The molecule has 0 aliphatic carbocycles. The Morgan fingerprint density at radius 1 is 1.20 bits per heavy atom. The molecule has 0 aromatic heterocycles. The van der Waals surface area contributed by atoms with Gasteiger partial charge in [-0.05, 0) is 29.0 Å². The molecule has 0 saturated carbocycles.